The molecule has 0 N–H and O–H groups in total. The zero-order chi connectivity index (χ0) is 25.9. The summed E-state index contributed by atoms with van der Waals surface area (Å²) in [5, 5.41) is 0. The lowest BCUT2D eigenvalue weighted by molar-refractivity contribution is 0.0733. The number of fused-ring (bicyclic) bond motifs is 1. The van der Waals surface area contributed by atoms with Crippen LogP contribution in [0.4, 0.5) is 17.5 Å². The molecular weight excluding hydrogens is 464 g/mol. The van der Waals surface area contributed by atoms with Gasteiger partial charge in [0.05, 0.1) is 19.3 Å². The van der Waals surface area contributed by atoms with Crippen molar-refractivity contribution in [1.29, 1.82) is 0 Å². The number of carbonyl (C=O) groups is 1. The minimum Gasteiger partial charge on any atom is -0.497 e. The number of piperazine rings is 1. The topological polar surface area (TPSA) is 65.0 Å². The quantitative estimate of drug-likeness (QED) is 0.510. The van der Waals surface area contributed by atoms with Crippen molar-refractivity contribution in [3.8, 4) is 5.75 Å². The molecule has 0 saturated carbocycles. The molecule has 0 bridgehead atoms. The summed E-state index contributed by atoms with van der Waals surface area (Å²) in [6, 6.07) is 16.1. The van der Waals surface area contributed by atoms with Crippen molar-refractivity contribution in [1.82, 2.24) is 14.9 Å². The predicted molar refractivity (Wildman–Crippen MR) is 148 cm³/mol. The van der Waals surface area contributed by atoms with Gasteiger partial charge in [0, 0.05) is 69.6 Å². The first-order valence-electron chi connectivity index (χ1n) is 13.1. The molecule has 37 heavy (non-hydrogen) atoms. The van der Waals surface area contributed by atoms with Crippen LogP contribution in [0.5, 0.6) is 5.75 Å². The molecule has 2 aromatic carbocycles. The second-order valence-corrected chi connectivity index (χ2v) is 9.80. The maximum atomic E-state index is 13.3. The second kappa shape index (κ2) is 10.7. The van der Waals surface area contributed by atoms with Gasteiger partial charge >= 0.3 is 0 Å². The Bertz CT molecular complexity index is 1250. The van der Waals surface area contributed by atoms with E-state index in [1.807, 2.05) is 23.1 Å². The number of ether oxygens (including phenoxy) is 1. The average molecular weight is 501 g/mol. The van der Waals surface area contributed by atoms with Gasteiger partial charge in [0.2, 0.25) is 5.95 Å². The zero-order valence-corrected chi connectivity index (χ0v) is 22.3. The summed E-state index contributed by atoms with van der Waals surface area (Å²) >= 11 is 0. The number of hydrogen-bond donors (Lipinski definition) is 0. The number of aryl methyl sites for hydroxylation is 1. The third kappa shape index (κ3) is 5.19. The summed E-state index contributed by atoms with van der Waals surface area (Å²) in [5.41, 5.74) is 5.28. The van der Waals surface area contributed by atoms with E-state index in [1.165, 1.54) is 11.3 Å². The van der Waals surface area contributed by atoms with Crippen LogP contribution in [-0.4, -0.2) is 74.2 Å². The van der Waals surface area contributed by atoms with Crippen LogP contribution in [0.15, 0.2) is 48.5 Å². The van der Waals surface area contributed by atoms with Crippen molar-refractivity contribution in [2.75, 3.05) is 68.1 Å². The van der Waals surface area contributed by atoms with Crippen LogP contribution in [0.2, 0.25) is 0 Å². The van der Waals surface area contributed by atoms with Crippen LogP contribution in [0.1, 0.15) is 34.1 Å². The molecule has 194 valence electrons. The Balaban J connectivity index is 1.35. The first-order valence-corrected chi connectivity index (χ1v) is 13.1. The van der Waals surface area contributed by atoms with Gasteiger partial charge in [-0.2, -0.15) is 4.98 Å². The summed E-state index contributed by atoms with van der Waals surface area (Å²) in [6.07, 6.45) is 0.717. The monoisotopic (exact) mass is 500 g/mol. The van der Waals surface area contributed by atoms with E-state index in [0.29, 0.717) is 30.8 Å². The molecule has 0 spiro atoms. The smallest absolute Gasteiger partial charge is 0.254 e. The molecule has 3 heterocycles. The van der Waals surface area contributed by atoms with Gasteiger partial charge in [-0.25, -0.2) is 4.98 Å². The average Bonchev–Trinajstić information content (AvgIpc) is 2.96. The molecule has 1 aromatic heterocycles. The van der Waals surface area contributed by atoms with Gasteiger partial charge in [0.1, 0.15) is 11.6 Å². The van der Waals surface area contributed by atoms with E-state index >= 15 is 0 Å². The lowest BCUT2D eigenvalue weighted by Gasteiger charge is -2.37. The lowest BCUT2D eigenvalue weighted by Crippen LogP contribution is -2.47. The van der Waals surface area contributed by atoms with Gasteiger partial charge in [-0.15, -0.1) is 0 Å². The molecule has 1 saturated heterocycles. The van der Waals surface area contributed by atoms with E-state index < -0.39 is 0 Å². The summed E-state index contributed by atoms with van der Waals surface area (Å²) in [4.78, 5) is 32.2. The zero-order valence-electron chi connectivity index (χ0n) is 22.3. The highest BCUT2D eigenvalue weighted by Gasteiger charge is 2.29. The molecule has 2 aliphatic rings. The first kappa shape index (κ1) is 24.9. The van der Waals surface area contributed by atoms with Crippen molar-refractivity contribution >= 4 is 23.4 Å². The SMILES string of the molecule is CCN(C)c1nc(N2CCN(c3ccc(C)cc3)CC2)nc2c1CN(C(=O)c1cccc(OC)c1)CC2. The van der Waals surface area contributed by atoms with Crippen LogP contribution >= 0.6 is 0 Å². The predicted octanol–water partition coefficient (Wildman–Crippen LogP) is 3.77. The van der Waals surface area contributed by atoms with Gasteiger partial charge in [-0.3, -0.25) is 4.79 Å². The maximum absolute atomic E-state index is 13.3. The summed E-state index contributed by atoms with van der Waals surface area (Å²) in [7, 11) is 3.68. The highest BCUT2D eigenvalue weighted by Crippen LogP contribution is 2.30. The van der Waals surface area contributed by atoms with E-state index in [1.54, 1.807) is 13.2 Å². The number of nitrogens with zero attached hydrogens (tertiary/aromatic N) is 6. The second-order valence-electron chi connectivity index (χ2n) is 9.80. The van der Waals surface area contributed by atoms with Crippen molar-refractivity contribution in [2.45, 2.75) is 26.8 Å². The van der Waals surface area contributed by atoms with Gasteiger partial charge in [-0.1, -0.05) is 23.8 Å². The Kier molecular flexibility index (Phi) is 7.17. The fourth-order valence-electron chi connectivity index (χ4n) is 5.02. The number of aromatic nitrogens is 2. The standard InChI is InChI=1S/C29H36N6O2/c1-5-32(3)27-25-20-35(28(36)22-7-6-8-24(19-22)37-4)14-13-26(25)30-29(31-27)34-17-15-33(16-18-34)23-11-9-21(2)10-12-23/h6-12,19H,5,13-18,20H2,1-4H3. The molecule has 0 unspecified atom stereocenters. The molecular formula is C29H36N6O2. The number of hydrogen-bond acceptors (Lipinski definition) is 7. The van der Waals surface area contributed by atoms with E-state index in [4.69, 9.17) is 14.7 Å². The van der Waals surface area contributed by atoms with Crippen molar-refractivity contribution in [3.63, 3.8) is 0 Å². The molecule has 3 aromatic rings. The first-order chi connectivity index (χ1) is 18.0. The van der Waals surface area contributed by atoms with E-state index in [9.17, 15) is 4.79 Å². The van der Waals surface area contributed by atoms with E-state index in [-0.39, 0.29) is 5.91 Å². The number of rotatable bonds is 6. The molecule has 1 amide bonds. The number of amides is 1. The highest BCUT2D eigenvalue weighted by molar-refractivity contribution is 5.94. The fraction of sp³-hybridized carbons (Fsp3) is 0.414. The minimum absolute atomic E-state index is 0.00551. The minimum atomic E-state index is 0.00551. The van der Waals surface area contributed by atoms with Crippen LogP contribution in [0, 0.1) is 6.92 Å². The maximum Gasteiger partial charge on any atom is 0.254 e. The number of methoxy groups -OCH3 is 1. The summed E-state index contributed by atoms with van der Waals surface area (Å²) in [6.45, 7) is 9.84. The molecule has 0 aliphatic carbocycles. The van der Waals surface area contributed by atoms with E-state index in [0.717, 1.165) is 55.7 Å². The number of anilines is 3. The number of carbonyl (C=O) groups excluding carboxylic acids is 1. The Hall–Kier alpha value is -3.81. The summed E-state index contributed by atoms with van der Waals surface area (Å²) in [5.74, 6) is 2.41. The fourth-order valence-corrected chi connectivity index (χ4v) is 5.02. The third-order valence-corrected chi connectivity index (χ3v) is 7.43. The Morgan fingerprint density at radius 1 is 1.00 bits per heavy atom. The number of benzene rings is 2. The van der Waals surface area contributed by atoms with Gasteiger partial charge < -0.3 is 24.3 Å². The molecule has 5 rings (SSSR count). The molecule has 2 aliphatic heterocycles. The molecule has 1 fully saturated rings. The third-order valence-electron chi connectivity index (χ3n) is 7.43. The van der Waals surface area contributed by atoms with Crippen LogP contribution in [-0.2, 0) is 13.0 Å². The lowest BCUT2D eigenvalue weighted by atomic mass is 10.0. The normalized spacial score (nSPS) is 15.4. The van der Waals surface area contributed by atoms with Crippen LogP contribution in [0.25, 0.3) is 0 Å². The van der Waals surface area contributed by atoms with E-state index in [2.05, 4.69) is 59.9 Å². The van der Waals surface area contributed by atoms with Crippen molar-refractivity contribution in [3.05, 3.63) is 70.9 Å². The summed E-state index contributed by atoms with van der Waals surface area (Å²) < 4.78 is 5.32. The Morgan fingerprint density at radius 3 is 2.43 bits per heavy atom. The molecule has 0 atom stereocenters. The highest BCUT2D eigenvalue weighted by atomic mass is 16.5. The van der Waals surface area contributed by atoms with Crippen LogP contribution in [0.3, 0.4) is 0 Å². The van der Waals surface area contributed by atoms with Crippen molar-refractivity contribution in [2.24, 2.45) is 0 Å². The van der Waals surface area contributed by atoms with Gasteiger partial charge in [0.15, 0.2) is 0 Å². The largest absolute Gasteiger partial charge is 0.497 e. The Labute approximate surface area is 219 Å². The molecule has 8 heteroatoms. The Morgan fingerprint density at radius 2 is 1.73 bits per heavy atom. The molecule has 8 nitrogen and oxygen atoms in total. The van der Waals surface area contributed by atoms with Gasteiger partial charge in [-0.05, 0) is 44.2 Å². The molecule has 0 radical (unpaired) electrons. The van der Waals surface area contributed by atoms with Gasteiger partial charge in [0.25, 0.3) is 5.91 Å². The van der Waals surface area contributed by atoms with Crippen molar-refractivity contribution < 1.29 is 9.53 Å². The van der Waals surface area contributed by atoms with Crippen LogP contribution < -0.4 is 19.4 Å².